The molecule has 0 spiro atoms. The van der Waals surface area contributed by atoms with E-state index in [0.29, 0.717) is 0 Å². The minimum Gasteiger partial charge on any atom is -0.303 e. The predicted molar refractivity (Wildman–Crippen MR) is 57.9 cm³/mol. The van der Waals surface area contributed by atoms with Crippen LogP contribution in [-0.4, -0.2) is 30.3 Å². The number of thiol groups is 1. The molecule has 1 heterocycles. The van der Waals surface area contributed by atoms with Gasteiger partial charge in [-0.1, -0.05) is 6.92 Å². The van der Waals surface area contributed by atoms with Gasteiger partial charge in [-0.3, -0.25) is 0 Å². The molecule has 0 aromatic carbocycles. The zero-order chi connectivity index (χ0) is 8.81. The molecule has 0 aliphatic carbocycles. The summed E-state index contributed by atoms with van der Waals surface area (Å²) in [6, 6.07) is 0. The van der Waals surface area contributed by atoms with Crippen molar-refractivity contribution in [2.75, 3.05) is 25.4 Å². The van der Waals surface area contributed by atoms with Gasteiger partial charge in [-0.15, -0.1) is 0 Å². The largest absolute Gasteiger partial charge is 0.303 e. The smallest absolute Gasteiger partial charge is 0.00162 e. The number of hydrogen-bond acceptors (Lipinski definition) is 2. The second-order valence-electron chi connectivity index (χ2n) is 3.95. The number of hydrogen-bond donors (Lipinski definition) is 1. The van der Waals surface area contributed by atoms with E-state index < -0.39 is 0 Å². The Balaban J connectivity index is 1.99. The summed E-state index contributed by atoms with van der Waals surface area (Å²) in [6.45, 7) is 6.34. The third-order valence-corrected chi connectivity index (χ3v) is 3.02. The van der Waals surface area contributed by atoms with Crippen molar-refractivity contribution in [2.24, 2.45) is 5.92 Å². The van der Waals surface area contributed by atoms with Crippen molar-refractivity contribution in [1.29, 1.82) is 0 Å². The Hall–Kier alpha value is 0.310. The topological polar surface area (TPSA) is 3.24 Å². The molecule has 0 aromatic heterocycles. The van der Waals surface area contributed by atoms with Gasteiger partial charge in [-0.2, -0.15) is 12.6 Å². The molecule has 0 saturated carbocycles. The number of nitrogens with zero attached hydrogens (tertiary/aromatic N) is 1. The molecule has 1 atom stereocenters. The fraction of sp³-hybridized carbons (Fsp3) is 1.00. The molecule has 0 bridgehead atoms. The Bertz CT molecular complexity index is 110. The van der Waals surface area contributed by atoms with Crippen molar-refractivity contribution >= 4 is 12.6 Å². The molecule has 1 aliphatic rings. The second-order valence-corrected chi connectivity index (χ2v) is 4.40. The summed E-state index contributed by atoms with van der Waals surface area (Å²) in [5.74, 6) is 1.91. The van der Waals surface area contributed by atoms with E-state index in [1.54, 1.807) is 0 Å². The first-order valence-electron chi connectivity index (χ1n) is 5.16. The van der Waals surface area contributed by atoms with Crippen molar-refractivity contribution in [3.63, 3.8) is 0 Å². The SMILES string of the molecule is CC(CCS)CCN1CCCC1. The molecular formula is C10H21NS. The van der Waals surface area contributed by atoms with Crippen LogP contribution >= 0.6 is 12.6 Å². The van der Waals surface area contributed by atoms with Crippen LogP contribution in [0.1, 0.15) is 32.6 Å². The fourth-order valence-corrected chi connectivity index (χ4v) is 2.21. The van der Waals surface area contributed by atoms with Gasteiger partial charge in [-0.25, -0.2) is 0 Å². The normalized spacial score (nSPS) is 21.5. The lowest BCUT2D eigenvalue weighted by molar-refractivity contribution is 0.306. The lowest BCUT2D eigenvalue weighted by Gasteiger charge is -2.17. The van der Waals surface area contributed by atoms with Crippen molar-refractivity contribution in [3.05, 3.63) is 0 Å². The maximum absolute atomic E-state index is 4.25. The third-order valence-electron chi connectivity index (χ3n) is 2.76. The van der Waals surface area contributed by atoms with Gasteiger partial charge >= 0.3 is 0 Å². The first-order chi connectivity index (χ1) is 5.83. The first-order valence-corrected chi connectivity index (χ1v) is 5.79. The van der Waals surface area contributed by atoms with Gasteiger partial charge in [0.2, 0.25) is 0 Å². The summed E-state index contributed by atoms with van der Waals surface area (Å²) in [6.07, 6.45) is 5.47. The van der Waals surface area contributed by atoms with Crippen LogP contribution in [0.4, 0.5) is 0 Å². The van der Waals surface area contributed by atoms with E-state index in [9.17, 15) is 0 Å². The van der Waals surface area contributed by atoms with Gasteiger partial charge in [-0.05, 0) is 57.0 Å². The van der Waals surface area contributed by atoms with E-state index in [1.807, 2.05) is 0 Å². The second kappa shape index (κ2) is 5.87. The van der Waals surface area contributed by atoms with Crippen LogP contribution in [-0.2, 0) is 0 Å². The minimum atomic E-state index is 0.864. The Morgan fingerprint density at radius 3 is 2.50 bits per heavy atom. The van der Waals surface area contributed by atoms with Crippen LogP contribution in [0.25, 0.3) is 0 Å². The van der Waals surface area contributed by atoms with Crippen LogP contribution < -0.4 is 0 Å². The lowest BCUT2D eigenvalue weighted by Crippen LogP contribution is -2.22. The van der Waals surface area contributed by atoms with Crippen molar-refractivity contribution < 1.29 is 0 Å². The van der Waals surface area contributed by atoms with Crippen LogP contribution in [0.15, 0.2) is 0 Å². The lowest BCUT2D eigenvalue weighted by atomic mass is 10.1. The van der Waals surface area contributed by atoms with E-state index in [0.717, 1.165) is 11.7 Å². The summed E-state index contributed by atoms with van der Waals surface area (Å²) in [5.41, 5.74) is 0. The highest BCUT2D eigenvalue weighted by Crippen LogP contribution is 2.13. The third kappa shape index (κ3) is 3.81. The maximum atomic E-state index is 4.25. The van der Waals surface area contributed by atoms with Gasteiger partial charge in [0.1, 0.15) is 0 Å². The molecule has 0 amide bonds. The molecule has 72 valence electrons. The molecule has 1 aliphatic heterocycles. The van der Waals surface area contributed by atoms with Gasteiger partial charge in [0, 0.05) is 0 Å². The molecule has 1 nitrogen and oxygen atoms in total. The van der Waals surface area contributed by atoms with Gasteiger partial charge < -0.3 is 4.90 Å². The van der Waals surface area contributed by atoms with Crippen LogP contribution in [0.3, 0.4) is 0 Å². The monoisotopic (exact) mass is 187 g/mol. The summed E-state index contributed by atoms with van der Waals surface area (Å²) in [7, 11) is 0. The highest BCUT2D eigenvalue weighted by molar-refractivity contribution is 7.80. The molecule has 1 fully saturated rings. The zero-order valence-electron chi connectivity index (χ0n) is 8.13. The Kier molecular flexibility index (Phi) is 5.08. The van der Waals surface area contributed by atoms with E-state index in [1.165, 1.54) is 45.3 Å². The highest BCUT2D eigenvalue weighted by Gasteiger charge is 2.11. The van der Waals surface area contributed by atoms with E-state index in [-0.39, 0.29) is 0 Å². The van der Waals surface area contributed by atoms with Crippen LogP contribution in [0, 0.1) is 5.92 Å². The fourth-order valence-electron chi connectivity index (χ4n) is 1.77. The molecule has 0 aromatic rings. The average molecular weight is 187 g/mol. The van der Waals surface area contributed by atoms with Crippen molar-refractivity contribution in [3.8, 4) is 0 Å². The summed E-state index contributed by atoms with van der Waals surface area (Å²) in [4.78, 5) is 2.59. The molecule has 0 N–H and O–H groups in total. The van der Waals surface area contributed by atoms with E-state index in [4.69, 9.17) is 0 Å². The predicted octanol–water partition coefficient (Wildman–Crippen LogP) is 2.43. The van der Waals surface area contributed by atoms with E-state index in [2.05, 4.69) is 24.5 Å². The molecule has 1 unspecified atom stereocenters. The highest BCUT2D eigenvalue weighted by atomic mass is 32.1. The van der Waals surface area contributed by atoms with E-state index >= 15 is 0 Å². The summed E-state index contributed by atoms with van der Waals surface area (Å²) >= 11 is 4.25. The van der Waals surface area contributed by atoms with Gasteiger partial charge in [0.15, 0.2) is 0 Å². The molecule has 0 radical (unpaired) electrons. The van der Waals surface area contributed by atoms with Crippen LogP contribution in [0.5, 0.6) is 0 Å². The molecule has 1 saturated heterocycles. The van der Waals surface area contributed by atoms with Gasteiger partial charge in [0.05, 0.1) is 0 Å². The van der Waals surface area contributed by atoms with Crippen molar-refractivity contribution in [1.82, 2.24) is 4.90 Å². The minimum absolute atomic E-state index is 0.864. The number of rotatable bonds is 5. The standard InChI is InChI=1S/C10H21NS/c1-10(5-9-12)4-8-11-6-2-3-7-11/h10,12H,2-9H2,1H3. The molecule has 2 heteroatoms. The zero-order valence-corrected chi connectivity index (χ0v) is 9.02. The summed E-state index contributed by atoms with van der Waals surface area (Å²) < 4.78 is 0. The average Bonchev–Trinajstić information content (AvgIpc) is 2.53. The molecule has 1 rings (SSSR count). The first kappa shape index (κ1) is 10.4. The molecular weight excluding hydrogens is 166 g/mol. The van der Waals surface area contributed by atoms with Gasteiger partial charge in [0.25, 0.3) is 0 Å². The Labute approximate surface area is 81.9 Å². The summed E-state index contributed by atoms with van der Waals surface area (Å²) in [5, 5.41) is 0. The number of likely N-dealkylation sites (tertiary alicyclic amines) is 1. The molecule has 12 heavy (non-hydrogen) atoms. The Morgan fingerprint density at radius 1 is 1.25 bits per heavy atom. The quantitative estimate of drug-likeness (QED) is 0.647. The van der Waals surface area contributed by atoms with Crippen LogP contribution in [0.2, 0.25) is 0 Å². The van der Waals surface area contributed by atoms with Crippen molar-refractivity contribution in [2.45, 2.75) is 32.6 Å². The Morgan fingerprint density at radius 2 is 1.92 bits per heavy atom. The maximum Gasteiger partial charge on any atom is -0.00162 e.